The molecule has 1 aromatic rings. The monoisotopic (exact) mass is 343 g/mol. The molecule has 2 aliphatic rings. The Morgan fingerprint density at radius 2 is 1.73 bits per heavy atom. The molecule has 1 aliphatic heterocycles. The summed E-state index contributed by atoms with van der Waals surface area (Å²) in [7, 11) is -3.63. The van der Waals surface area contributed by atoms with E-state index in [-0.39, 0.29) is 28.9 Å². The van der Waals surface area contributed by atoms with Gasteiger partial charge in [0.25, 0.3) is 0 Å². The van der Waals surface area contributed by atoms with Gasteiger partial charge in [-0.15, -0.1) is 0 Å². The van der Waals surface area contributed by atoms with E-state index in [4.69, 9.17) is 17.3 Å². The van der Waals surface area contributed by atoms with Crippen LogP contribution in [0.15, 0.2) is 29.2 Å². The molecule has 1 heterocycles. The van der Waals surface area contributed by atoms with Crippen molar-refractivity contribution in [2.75, 3.05) is 26.2 Å². The van der Waals surface area contributed by atoms with Gasteiger partial charge in [0.2, 0.25) is 15.9 Å². The van der Waals surface area contributed by atoms with Gasteiger partial charge in [0.15, 0.2) is 0 Å². The van der Waals surface area contributed by atoms with Crippen molar-refractivity contribution in [2.45, 2.75) is 23.3 Å². The van der Waals surface area contributed by atoms with E-state index in [0.717, 1.165) is 0 Å². The number of piperazine rings is 1. The zero-order valence-corrected chi connectivity index (χ0v) is 13.6. The molecular formula is C14H18ClN3O3S. The quantitative estimate of drug-likeness (QED) is 0.874. The zero-order chi connectivity index (χ0) is 16.0. The Morgan fingerprint density at radius 3 is 2.27 bits per heavy atom. The highest BCUT2D eigenvalue weighted by Crippen LogP contribution is 2.34. The molecule has 1 saturated heterocycles. The first-order chi connectivity index (χ1) is 10.3. The molecule has 0 atom stereocenters. The SMILES string of the molecule is NC1(C(=O)N2CCN(S(=O)(=O)c3ccccc3Cl)CC2)CC1. The van der Waals surface area contributed by atoms with E-state index in [0.29, 0.717) is 25.9 Å². The lowest BCUT2D eigenvalue weighted by molar-refractivity contribution is -0.134. The molecule has 0 radical (unpaired) electrons. The number of halogens is 1. The van der Waals surface area contributed by atoms with Crippen molar-refractivity contribution < 1.29 is 13.2 Å². The molecular weight excluding hydrogens is 326 g/mol. The molecule has 0 spiro atoms. The van der Waals surface area contributed by atoms with Crippen LogP contribution in [0.4, 0.5) is 0 Å². The topological polar surface area (TPSA) is 83.7 Å². The standard InChI is InChI=1S/C14H18ClN3O3S/c15-11-3-1-2-4-12(11)22(20,21)18-9-7-17(8-10-18)13(19)14(16)5-6-14/h1-4H,5-10,16H2. The molecule has 8 heteroatoms. The minimum atomic E-state index is -3.63. The van der Waals surface area contributed by atoms with E-state index < -0.39 is 15.6 Å². The van der Waals surface area contributed by atoms with Crippen molar-refractivity contribution in [1.29, 1.82) is 0 Å². The summed E-state index contributed by atoms with van der Waals surface area (Å²) in [5.41, 5.74) is 5.21. The van der Waals surface area contributed by atoms with Gasteiger partial charge in [-0.3, -0.25) is 4.79 Å². The number of sulfonamides is 1. The highest BCUT2D eigenvalue weighted by Gasteiger charge is 2.48. The van der Waals surface area contributed by atoms with Gasteiger partial charge in [-0.25, -0.2) is 8.42 Å². The molecule has 1 saturated carbocycles. The van der Waals surface area contributed by atoms with Crippen LogP contribution >= 0.6 is 11.6 Å². The Hall–Kier alpha value is -1.15. The van der Waals surface area contributed by atoms with Crippen LogP contribution in [0.2, 0.25) is 5.02 Å². The van der Waals surface area contributed by atoms with Crippen molar-refractivity contribution in [3.63, 3.8) is 0 Å². The summed E-state index contributed by atoms with van der Waals surface area (Å²) in [6.07, 6.45) is 1.42. The van der Waals surface area contributed by atoms with E-state index in [2.05, 4.69) is 0 Å². The maximum Gasteiger partial charge on any atom is 0.244 e. The van der Waals surface area contributed by atoms with Crippen LogP contribution in [-0.2, 0) is 14.8 Å². The summed E-state index contributed by atoms with van der Waals surface area (Å²) in [5.74, 6) is -0.0673. The average Bonchev–Trinajstić information content (AvgIpc) is 3.26. The minimum Gasteiger partial charge on any atom is -0.338 e. The maximum absolute atomic E-state index is 12.6. The molecule has 1 aliphatic carbocycles. The highest BCUT2D eigenvalue weighted by atomic mass is 35.5. The van der Waals surface area contributed by atoms with Crippen LogP contribution < -0.4 is 5.73 Å². The van der Waals surface area contributed by atoms with Gasteiger partial charge in [-0.05, 0) is 25.0 Å². The number of nitrogens with two attached hydrogens (primary N) is 1. The van der Waals surface area contributed by atoms with Gasteiger partial charge in [0.05, 0.1) is 10.6 Å². The summed E-state index contributed by atoms with van der Waals surface area (Å²) in [4.78, 5) is 13.9. The summed E-state index contributed by atoms with van der Waals surface area (Å²) in [6, 6.07) is 6.38. The second kappa shape index (κ2) is 5.49. The van der Waals surface area contributed by atoms with Gasteiger partial charge in [0.1, 0.15) is 4.90 Å². The fourth-order valence-corrected chi connectivity index (χ4v) is 4.50. The first kappa shape index (κ1) is 15.7. The Bertz CT molecular complexity index is 695. The summed E-state index contributed by atoms with van der Waals surface area (Å²) >= 11 is 5.99. The summed E-state index contributed by atoms with van der Waals surface area (Å²) in [5, 5.41) is 0.208. The molecule has 120 valence electrons. The number of carbonyl (C=O) groups is 1. The first-order valence-electron chi connectivity index (χ1n) is 7.17. The number of hydrogen-bond acceptors (Lipinski definition) is 4. The number of benzene rings is 1. The van der Waals surface area contributed by atoms with Gasteiger partial charge in [-0.2, -0.15) is 4.31 Å². The zero-order valence-electron chi connectivity index (χ0n) is 12.0. The number of rotatable bonds is 3. The van der Waals surface area contributed by atoms with Crippen molar-refractivity contribution in [2.24, 2.45) is 5.73 Å². The predicted molar refractivity (Wildman–Crippen MR) is 82.9 cm³/mol. The Kier molecular flexibility index (Phi) is 3.92. The van der Waals surface area contributed by atoms with Crippen LogP contribution in [0.25, 0.3) is 0 Å². The van der Waals surface area contributed by atoms with E-state index in [9.17, 15) is 13.2 Å². The Balaban J connectivity index is 1.71. The Morgan fingerprint density at radius 1 is 1.14 bits per heavy atom. The molecule has 0 unspecified atom stereocenters. The fraction of sp³-hybridized carbons (Fsp3) is 0.500. The maximum atomic E-state index is 12.6. The Labute approximate surface area is 134 Å². The van der Waals surface area contributed by atoms with E-state index in [1.54, 1.807) is 23.1 Å². The summed E-state index contributed by atoms with van der Waals surface area (Å²) in [6.45, 7) is 1.24. The molecule has 22 heavy (non-hydrogen) atoms. The number of nitrogens with zero attached hydrogens (tertiary/aromatic N) is 2. The normalized spacial score (nSPS) is 21.6. The molecule has 3 rings (SSSR count). The molecule has 0 bridgehead atoms. The lowest BCUT2D eigenvalue weighted by Gasteiger charge is -2.35. The van der Waals surface area contributed by atoms with Crippen LogP contribution in [-0.4, -0.2) is 55.2 Å². The van der Waals surface area contributed by atoms with Crippen LogP contribution in [0.5, 0.6) is 0 Å². The van der Waals surface area contributed by atoms with Crippen LogP contribution in [0.3, 0.4) is 0 Å². The van der Waals surface area contributed by atoms with E-state index >= 15 is 0 Å². The third-order valence-electron chi connectivity index (χ3n) is 4.19. The lowest BCUT2D eigenvalue weighted by Crippen LogP contribution is -2.55. The van der Waals surface area contributed by atoms with Crippen LogP contribution in [0, 0.1) is 0 Å². The van der Waals surface area contributed by atoms with Crippen molar-refractivity contribution in [3.8, 4) is 0 Å². The molecule has 1 aromatic carbocycles. The number of hydrogen-bond donors (Lipinski definition) is 1. The van der Waals surface area contributed by atoms with Gasteiger partial charge in [0, 0.05) is 26.2 Å². The average molecular weight is 344 g/mol. The predicted octanol–water partition coefficient (Wildman–Crippen LogP) is 0.664. The van der Waals surface area contributed by atoms with Crippen molar-refractivity contribution in [1.82, 2.24) is 9.21 Å². The van der Waals surface area contributed by atoms with E-state index in [1.165, 1.54) is 10.4 Å². The smallest absolute Gasteiger partial charge is 0.244 e. The van der Waals surface area contributed by atoms with Gasteiger partial charge < -0.3 is 10.6 Å². The molecule has 6 nitrogen and oxygen atoms in total. The van der Waals surface area contributed by atoms with E-state index in [1.807, 2.05) is 0 Å². The lowest BCUT2D eigenvalue weighted by atomic mass is 10.2. The minimum absolute atomic E-state index is 0.0673. The van der Waals surface area contributed by atoms with Crippen molar-refractivity contribution >= 4 is 27.5 Å². The third kappa shape index (κ3) is 2.74. The second-order valence-corrected chi connectivity index (χ2v) is 8.10. The molecule has 1 amide bonds. The van der Waals surface area contributed by atoms with Gasteiger partial charge >= 0.3 is 0 Å². The van der Waals surface area contributed by atoms with Crippen molar-refractivity contribution in [3.05, 3.63) is 29.3 Å². The fourth-order valence-electron chi connectivity index (χ4n) is 2.59. The third-order valence-corrected chi connectivity index (χ3v) is 6.59. The van der Waals surface area contributed by atoms with Crippen LogP contribution in [0.1, 0.15) is 12.8 Å². The molecule has 0 aromatic heterocycles. The summed E-state index contributed by atoms with van der Waals surface area (Å²) < 4.78 is 26.6. The largest absolute Gasteiger partial charge is 0.338 e. The molecule has 2 fully saturated rings. The number of amides is 1. The van der Waals surface area contributed by atoms with Gasteiger partial charge in [-0.1, -0.05) is 23.7 Å². The second-order valence-electron chi connectivity index (χ2n) is 5.78. The highest BCUT2D eigenvalue weighted by molar-refractivity contribution is 7.89. The first-order valence-corrected chi connectivity index (χ1v) is 8.99. The number of carbonyl (C=O) groups excluding carboxylic acids is 1. The molecule has 2 N–H and O–H groups in total.